The van der Waals surface area contributed by atoms with Crippen LogP contribution in [0.4, 0.5) is 14.6 Å². The Morgan fingerprint density at radius 2 is 1.98 bits per heavy atom. The first kappa shape index (κ1) is 34.8. The zero-order chi connectivity index (χ0) is 36.3. The van der Waals surface area contributed by atoms with Crippen molar-refractivity contribution in [3.8, 4) is 17.3 Å². The molecule has 0 unspecified atom stereocenters. The molecule has 2 aromatic heterocycles. The van der Waals surface area contributed by atoms with Gasteiger partial charge in [-0.25, -0.2) is 8.78 Å². The number of fused-ring (bicyclic) bond motifs is 3. The largest absolute Gasteiger partial charge is 0.461 e. The molecule has 2 aromatic carbocycles. The number of likely N-dealkylation sites (tertiary alicyclic amines) is 2. The number of benzene rings is 2. The molecule has 5 fully saturated rings. The number of alkyl halides is 1. The van der Waals surface area contributed by atoms with E-state index in [9.17, 15) is 9.18 Å². The van der Waals surface area contributed by atoms with E-state index >= 15 is 4.39 Å². The van der Waals surface area contributed by atoms with Crippen LogP contribution < -0.4 is 9.64 Å². The molecule has 5 aliphatic heterocycles. The second-order valence-corrected chi connectivity index (χ2v) is 15.9. The molecule has 10 nitrogen and oxygen atoms in total. The van der Waals surface area contributed by atoms with Crippen molar-refractivity contribution in [1.82, 2.24) is 29.7 Å². The molecule has 278 valence electrons. The van der Waals surface area contributed by atoms with E-state index in [1.165, 1.54) is 0 Å². The Bertz CT molecular complexity index is 2080. The third-order valence-electron chi connectivity index (χ3n) is 12.2. The molecule has 0 spiro atoms. The van der Waals surface area contributed by atoms with Gasteiger partial charge in [-0.3, -0.25) is 19.6 Å². The van der Waals surface area contributed by atoms with Crippen molar-refractivity contribution in [2.24, 2.45) is 5.92 Å². The molecule has 7 heterocycles. The Morgan fingerprint density at radius 1 is 1.13 bits per heavy atom. The summed E-state index contributed by atoms with van der Waals surface area (Å²) in [5.41, 5.74) is 0.340. The first-order chi connectivity index (χ1) is 25.8. The van der Waals surface area contributed by atoms with Gasteiger partial charge >= 0.3 is 6.01 Å². The second kappa shape index (κ2) is 14.0. The molecule has 5 aliphatic rings. The van der Waals surface area contributed by atoms with Crippen molar-refractivity contribution in [2.75, 3.05) is 71.0 Å². The quantitative estimate of drug-likeness (QED) is 0.184. The number of halogens is 3. The molecule has 0 bridgehead atoms. The topological polar surface area (TPSA) is 87.2 Å². The molecule has 0 N–H and O–H groups in total. The Hall–Kier alpha value is -3.97. The fourth-order valence-electron chi connectivity index (χ4n) is 9.04. The van der Waals surface area contributed by atoms with E-state index in [-0.39, 0.29) is 35.8 Å². The molecule has 5 saturated heterocycles. The molecule has 13 heteroatoms. The number of hydrogen-bond donors (Lipinski definition) is 0. The van der Waals surface area contributed by atoms with Crippen molar-refractivity contribution in [2.45, 2.75) is 55.9 Å². The zero-order valence-corrected chi connectivity index (χ0v) is 30.7. The summed E-state index contributed by atoms with van der Waals surface area (Å²) in [6.45, 7) is 6.25. The summed E-state index contributed by atoms with van der Waals surface area (Å²) >= 11 is 6.64. The number of rotatable bonds is 10. The predicted molar refractivity (Wildman–Crippen MR) is 201 cm³/mol. The van der Waals surface area contributed by atoms with Gasteiger partial charge in [-0.05, 0) is 43.7 Å². The highest BCUT2D eigenvalue weighted by atomic mass is 35.5. The number of anilines is 1. The smallest absolute Gasteiger partial charge is 0.319 e. The predicted octanol–water partition coefficient (Wildman–Crippen LogP) is 5.91. The van der Waals surface area contributed by atoms with Crippen LogP contribution in [0.25, 0.3) is 32.9 Å². The van der Waals surface area contributed by atoms with Crippen LogP contribution in [0.1, 0.15) is 32.1 Å². The van der Waals surface area contributed by atoms with Crippen LogP contribution in [-0.2, 0) is 9.53 Å². The van der Waals surface area contributed by atoms with Gasteiger partial charge in [0.05, 0.1) is 24.1 Å². The van der Waals surface area contributed by atoms with Crippen molar-refractivity contribution in [1.29, 1.82) is 0 Å². The summed E-state index contributed by atoms with van der Waals surface area (Å²) in [6, 6.07) is 11.4. The monoisotopic (exact) mass is 743 g/mol. The van der Waals surface area contributed by atoms with Gasteiger partial charge in [0.15, 0.2) is 5.82 Å². The third kappa shape index (κ3) is 6.41. The molecular weight excluding hydrogens is 700 g/mol. The maximum Gasteiger partial charge on any atom is 0.319 e. The lowest BCUT2D eigenvalue weighted by atomic mass is 9.95. The van der Waals surface area contributed by atoms with Gasteiger partial charge in [-0.1, -0.05) is 48.0 Å². The van der Waals surface area contributed by atoms with Crippen LogP contribution in [0.2, 0.25) is 5.02 Å². The van der Waals surface area contributed by atoms with Gasteiger partial charge in [0, 0.05) is 92.4 Å². The van der Waals surface area contributed by atoms with E-state index < -0.39 is 17.5 Å². The van der Waals surface area contributed by atoms with Gasteiger partial charge in [-0.15, -0.1) is 0 Å². The van der Waals surface area contributed by atoms with E-state index in [2.05, 4.69) is 19.8 Å². The fourth-order valence-corrected chi connectivity index (χ4v) is 9.32. The number of ether oxygens (including phenoxy) is 2. The van der Waals surface area contributed by atoms with E-state index in [0.717, 1.165) is 57.5 Å². The highest BCUT2D eigenvalue weighted by molar-refractivity contribution is 6.36. The first-order valence-corrected chi connectivity index (χ1v) is 19.2. The highest BCUT2D eigenvalue weighted by Crippen LogP contribution is 2.41. The van der Waals surface area contributed by atoms with Crippen molar-refractivity contribution in [3.05, 3.63) is 65.6 Å². The number of nitrogens with zero attached hydrogens (tertiary/aromatic N) is 7. The number of pyridine rings is 1. The molecule has 53 heavy (non-hydrogen) atoms. The summed E-state index contributed by atoms with van der Waals surface area (Å²) in [7, 11) is 1.91. The molecule has 4 aromatic rings. The molecule has 1 amide bonds. The van der Waals surface area contributed by atoms with E-state index in [4.69, 9.17) is 26.1 Å². The summed E-state index contributed by atoms with van der Waals surface area (Å²) in [5.74, 6) is 0.445. The molecular formula is C40H44ClF2N7O3. The normalized spacial score (nSPS) is 26.4. The minimum absolute atomic E-state index is 0.00879. The Morgan fingerprint density at radius 3 is 2.77 bits per heavy atom. The lowest BCUT2D eigenvalue weighted by Crippen LogP contribution is -2.51. The molecule has 0 radical (unpaired) electrons. The Balaban J connectivity index is 1.01. The maximum absolute atomic E-state index is 16.9. The Labute approximate surface area is 312 Å². The third-order valence-corrected chi connectivity index (χ3v) is 12.5. The van der Waals surface area contributed by atoms with Crippen LogP contribution in [0.3, 0.4) is 0 Å². The Kier molecular flexibility index (Phi) is 9.20. The summed E-state index contributed by atoms with van der Waals surface area (Å²) in [5, 5.41) is 2.51. The number of aromatic nitrogens is 3. The van der Waals surface area contributed by atoms with Crippen LogP contribution in [-0.4, -0.2) is 125 Å². The number of hydrogen-bond acceptors (Lipinski definition) is 9. The minimum Gasteiger partial charge on any atom is -0.461 e. The maximum atomic E-state index is 16.9. The fraction of sp³-hybridized carbons (Fsp3) is 0.500. The average Bonchev–Trinajstić information content (AvgIpc) is 3.84. The van der Waals surface area contributed by atoms with E-state index in [1.807, 2.05) is 53.3 Å². The zero-order valence-electron chi connectivity index (χ0n) is 29.9. The second-order valence-electron chi connectivity index (χ2n) is 15.5. The number of amides is 1. The van der Waals surface area contributed by atoms with Gasteiger partial charge in [0.2, 0.25) is 5.91 Å². The van der Waals surface area contributed by atoms with Gasteiger partial charge in [-0.2, -0.15) is 9.97 Å². The minimum atomic E-state index is -0.908. The SMILES string of the molecule is CN(c1nc(OC[C@@]23CCCN2C[C@H](F)C3)nc2c(F)c(-c3cccc4cccc(Cl)c34)ncc12)[C@@H]1CCN(C(=O)C=C[C@H]2CCN2CC2COC2)C1. The summed E-state index contributed by atoms with van der Waals surface area (Å²) < 4.78 is 43.1. The lowest BCUT2D eigenvalue weighted by molar-refractivity contribution is -0.125. The van der Waals surface area contributed by atoms with E-state index in [1.54, 1.807) is 18.3 Å². The van der Waals surface area contributed by atoms with Crippen LogP contribution in [0.15, 0.2) is 54.7 Å². The van der Waals surface area contributed by atoms with E-state index in [0.29, 0.717) is 71.6 Å². The van der Waals surface area contributed by atoms with Crippen molar-refractivity contribution in [3.63, 3.8) is 0 Å². The number of carbonyl (C=O) groups is 1. The van der Waals surface area contributed by atoms with Gasteiger partial charge in [0.25, 0.3) is 0 Å². The van der Waals surface area contributed by atoms with Crippen LogP contribution in [0.5, 0.6) is 6.01 Å². The number of carbonyl (C=O) groups excluding carboxylic acids is 1. The first-order valence-electron chi connectivity index (χ1n) is 18.8. The molecule has 0 saturated carbocycles. The van der Waals surface area contributed by atoms with Crippen molar-refractivity contribution >= 4 is 45.0 Å². The van der Waals surface area contributed by atoms with Crippen LogP contribution >= 0.6 is 11.6 Å². The standard InChI is InChI=1S/C40H44ClF2N7O3/c1-47(29-12-16-49(21-29)33(51)10-9-28-11-15-48(28)19-25-22-52-23-25)38-31-18-44-36(30-7-2-5-26-6-3-8-32(41)34(26)30)35(43)37(31)45-39(46-38)53-24-40-13-4-14-50(40)20-27(42)17-40/h2-3,5-10,18,25,27-29H,4,11-17,19-24H2,1H3/t27-,28+,29-,40+/m1/s1. The molecule has 4 atom stereocenters. The summed E-state index contributed by atoms with van der Waals surface area (Å²) in [6.07, 6.45) is 8.43. The average molecular weight is 744 g/mol. The molecule has 0 aliphatic carbocycles. The van der Waals surface area contributed by atoms with Crippen LogP contribution in [0, 0.1) is 11.7 Å². The summed E-state index contributed by atoms with van der Waals surface area (Å²) in [4.78, 5) is 35.9. The molecule has 9 rings (SSSR count). The lowest BCUT2D eigenvalue weighted by Gasteiger charge is -2.43. The van der Waals surface area contributed by atoms with Gasteiger partial charge in [0.1, 0.15) is 29.8 Å². The number of likely N-dealkylation sites (N-methyl/N-ethyl adjacent to an activating group) is 1. The highest BCUT2D eigenvalue weighted by Gasteiger charge is 2.49. The van der Waals surface area contributed by atoms with Gasteiger partial charge < -0.3 is 19.3 Å². The van der Waals surface area contributed by atoms with Crippen molar-refractivity contribution < 1.29 is 23.0 Å².